The summed E-state index contributed by atoms with van der Waals surface area (Å²) in [7, 11) is 0. The summed E-state index contributed by atoms with van der Waals surface area (Å²) in [6, 6.07) is 12.5. The Labute approximate surface area is 158 Å². The summed E-state index contributed by atoms with van der Waals surface area (Å²) in [5.41, 5.74) is 0.750. The highest BCUT2D eigenvalue weighted by Crippen LogP contribution is 2.36. The second kappa shape index (κ2) is 7.44. The minimum Gasteiger partial charge on any atom is -0.484 e. The van der Waals surface area contributed by atoms with Crippen LogP contribution in [0.4, 0.5) is 4.39 Å². The number of hydrogen-bond donors (Lipinski definition) is 1. The molecule has 1 aliphatic rings. The van der Waals surface area contributed by atoms with Crippen LogP contribution in [-0.2, 0) is 4.79 Å². The Bertz CT molecular complexity index is 1070. The molecule has 0 aliphatic carbocycles. The maximum absolute atomic E-state index is 13.6. The third-order valence-electron chi connectivity index (χ3n) is 4.31. The molecule has 27 heavy (non-hydrogen) atoms. The van der Waals surface area contributed by atoms with E-state index in [0.717, 1.165) is 28.0 Å². The summed E-state index contributed by atoms with van der Waals surface area (Å²) in [4.78, 5) is 24.6. The van der Waals surface area contributed by atoms with Gasteiger partial charge in [0.15, 0.2) is 6.61 Å². The summed E-state index contributed by atoms with van der Waals surface area (Å²) >= 11 is 1.66. The van der Waals surface area contributed by atoms with Crippen molar-refractivity contribution in [2.24, 2.45) is 0 Å². The summed E-state index contributed by atoms with van der Waals surface area (Å²) in [6.07, 6.45) is 0.730. The Morgan fingerprint density at radius 3 is 2.96 bits per heavy atom. The topological polar surface area (TPSA) is 68.5 Å². The number of carbonyl (C=O) groups is 1. The SMILES string of the molecule is O=C(COc1ccc2ccc(=O)oc2c1)NC1CCSc2ccc(F)cc21. The number of nitrogens with one attached hydrogen (secondary N) is 1. The van der Waals surface area contributed by atoms with E-state index < -0.39 is 5.63 Å². The van der Waals surface area contributed by atoms with E-state index in [1.54, 1.807) is 42.1 Å². The van der Waals surface area contributed by atoms with Crippen LogP contribution < -0.4 is 15.7 Å². The Balaban J connectivity index is 1.42. The highest BCUT2D eigenvalue weighted by Gasteiger charge is 2.23. The molecule has 0 spiro atoms. The van der Waals surface area contributed by atoms with Crippen molar-refractivity contribution < 1.29 is 18.3 Å². The molecular formula is C20H16FNO4S. The first-order valence-electron chi connectivity index (χ1n) is 8.47. The van der Waals surface area contributed by atoms with Crippen molar-refractivity contribution in [1.82, 2.24) is 5.32 Å². The van der Waals surface area contributed by atoms with Gasteiger partial charge >= 0.3 is 5.63 Å². The van der Waals surface area contributed by atoms with E-state index in [1.807, 2.05) is 0 Å². The lowest BCUT2D eigenvalue weighted by atomic mass is 10.0. The first kappa shape index (κ1) is 17.6. The third kappa shape index (κ3) is 3.98. The van der Waals surface area contributed by atoms with E-state index in [0.29, 0.717) is 11.3 Å². The largest absolute Gasteiger partial charge is 0.484 e. The second-order valence-corrected chi connectivity index (χ2v) is 7.32. The summed E-state index contributed by atoms with van der Waals surface area (Å²) < 4.78 is 24.2. The van der Waals surface area contributed by atoms with Crippen molar-refractivity contribution in [2.75, 3.05) is 12.4 Å². The molecule has 7 heteroatoms. The molecule has 1 amide bonds. The number of carbonyl (C=O) groups excluding carboxylic acids is 1. The molecule has 0 fully saturated rings. The van der Waals surface area contributed by atoms with E-state index in [-0.39, 0.29) is 24.4 Å². The molecule has 1 atom stereocenters. The van der Waals surface area contributed by atoms with Crippen LogP contribution in [0, 0.1) is 5.82 Å². The summed E-state index contributed by atoms with van der Waals surface area (Å²) in [6.45, 7) is -0.184. The number of fused-ring (bicyclic) bond motifs is 2. The molecule has 3 aromatic rings. The molecule has 138 valence electrons. The van der Waals surface area contributed by atoms with Crippen molar-refractivity contribution in [3.63, 3.8) is 0 Å². The van der Waals surface area contributed by atoms with Crippen LogP contribution in [0.25, 0.3) is 11.0 Å². The Morgan fingerprint density at radius 2 is 2.07 bits per heavy atom. The van der Waals surface area contributed by atoms with Crippen molar-refractivity contribution in [3.8, 4) is 5.75 Å². The van der Waals surface area contributed by atoms with Gasteiger partial charge in [-0.2, -0.15) is 0 Å². The van der Waals surface area contributed by atoms with Crippen LogP contribution in [-0.4, -0.2) is 18.3 Å². The fourth-order valence-electron chi connectivity index (χ4n) is 3.03. The van der Waals surface area contributed by atoms with Gasteiger partial charge in [-0.1, -0.05) is 0 Å². The molecule has 1 aliphatic heterocycles. The van der Waals surface area contributed by atoms with E-state index in [4.69, 9.17) is 9.15 Å². The van der Waals surface area contributed by atoms with Gasteiger partial charge in [0.05, 0.1) is 6.04 Å². The quantitative estimate of drug-likeness (QED) is 0.694. The molecule has 0 radical (unpaired) electrons. The van der Waals surface area contributed by atoms with Crippen molar-refractivity contribution >= 4 is 28.6 Å². The molecule has 0 saturated heterocycles. The summed E-state index contributed by atoms with van der Waals surface area (Å²) in [5.74, 6) is 0.674. The van der Waals surface area contributed by atoms with Crippen molar-refractivity contribution in [1.29, 1.82) is 0 Å². The first-order valence-corrected chi connectivity index (χ1v) is 9.45. The van der Waals surface area contributed by atoms with E-state index in [2.05, 4.69) is 5.32 Å². The van der Waals surface area contributed by atoms with Crippen LogP contribution in [0.1, 0.15) is 18.0 Å². The number of amides is 1. The smallest absolute Gasteiger partial charge is 0.336 e. The molecular weight excluding hydrogens is 369 g/mol. The van der Waals surface area contributed by atoms with Gasteiger partial charge in [0.1, 0.15) is 17.1 Å². The van der Waals surface area contributed by atoms with Gasteiger partial charge in [-0.25, -0.2) is 9.18 Å². The third-order valence-corrected chi connectivity index (χ3v) is 5.43. The monoisotopic (exact) mass is 385 g/mol. The number of halogens is 1. The predicted octanol–water partition coefficient (Wildman–Crippen LogP) is 3.66. The molecule has 1 N–H and O–H groups in total. The van der Waals surface area contributed by atoms with Crippen LogP contribution >= 0.6 is 11.8 Å². The van der Waals surface area contributed by atoms with E-state index >= 15 is 0 Å². The maximum Gasteiger partial charge on any atom is 0.336 e. The van der Waals surface area contributed by atoms with Gasteiger partial charge < -0.3 is 14.5 Å². The van der Waals surface area contributed by atoms with Gasteiger partial charge in [-0.3, -0.25) is 4.79 Å². The fraction of sp³-hybridized carbons (Fsp3) is 0.200. The molecule has 2 aromatic carbocycles. The predicted molar refractivity (Wildman–Crippen MR) is 101 cm³/mol. The molecule has 2 heterocycles. The lowest BCUT2D eigenvalue weighted by Gasteiger charge is -2.26. The van der Waals surface area contributed by atoms with Crippen LogP contribution in [0.2, 0.25) is 0 Å². The second-order valence-electron chi connectivity index (χ2n) is 6.18. The summed E-state index contributed by atoms with van der Waals surface area (Å²) in [5, 5.41) is 3.67. The van der Waals surface area contributed by atoms with Crippen molar-refractivity contribution in [2.45, 2.75) is 17.4 Å². The Kier molecular flexibility index (Phi) is 4.85. The minimum atomic E-state index is -0.446. The first-order chi connectivity index (χ1) is 13.1. The number of benzene rings is 2. The Morgan fingerprint density at radius 1 is 1.22 bits per heavy atom. The number of ether oxygens (including phenoxy) is 1. The molecule has 0 saturated carbocycles. The zero-order valence-corrected chi connectivity index (χ0v) is 15.1. The van der Waals surface area contributed by atoms with Gasteiger partial charge in [-0.15, -0.1) is 11.8 Å². The van der Waals surface area contributed by atoms with E-state index in [1.165, 1.54) is 18.2 Å². The van der Waals surface area contributed by atoms with Gasteiger partial charge in [0.2, 0.25) is 0 Å². The average molecular weight is 385 g/mol. The minimum absolute atomic E-state index is 0.184. The van der Waals surface area contributed by atoms with Crippen molar-refractivity contribution in [3.05, 3.63) is 70.3 Å². The normalized spacial score (nSPS) is 16.0. The number of thioether (sulfide) groups is 1. The Hall–Kier alpha value is -2.80. The standard InChI is InChI=1S/C20H16FNO4S/c21-13-3-5-18-15(9-13)16(7-8-27-18)22-19(23)11-25-14-4-1-12-2-6-20(24)26-17(12)10-14/h1-6,9-10,16H,7-8,11H2,(H,22,23). The highest BCUT2D eigenvalue weighted by atomic mass is 32.2. The molecule has 4 rings (SSSR count). The molecule has 1 aromatic heterocycles. The zero-order chi connectivity index (χ0) is 18.8. The average Bonchev–Trinajstić information content (AvgIpc) is 2.66. The number of rotatable bonds is 4. The molecule has 1 unspecified atom stereocenters. The van der Waals surface area contributed by atoms with Gasteiger partial charge in [0.25, 0.3) is 5.91 Å². The molecule has 5 nitrogen and oxygen atoms in total. The number of hydrogen-bond acceptors (Lipinski definition) is 5. The van der Waals surface area contributed by atoms with Crippen LogP contribution in [0.15, 0.2) is 62.6 Å². The maximum atomic E-state index is 13.6. The van der Waals surface area contributed by atoms with Crippen LogP contribution in [0.5, 0.6) is 5.75 Å². The lowest BCUT2D eigenvalue weighted by Crippen LogP contribution is -2.34. The molecule has 0 bridgehead atoms. The fourth-order valence-corrected chi connectivity index (χ4v) is 4.14. The van der Waals surface area contributed by atoms with Crippen LogP contribution in [0.3, 0.4) is 0 Å². The lowest BCUT2D eigenvalue weighted by molar-refractivity contribution is -0.123. The highest BCUT2D eigenvalue weighted by molar-refractivity contribution is 7.99. The van der Waals surface area contributed by atoms with E-state index in [9.17, 15) is 14.0 Å². The van der Waals surface area contributed by atoms with Gasteiger partial charge in [0, 0.05) is 28.2 Å². The van der Waals surface area contributed by atoms with Gasteiger partial charge in [-0.05, 0) is 48.4 Å². The zero-order valence-electron chi connectivity index (χ0n) is 14.2.